The van der Waals surface area contributed by atoms with Crippen LogP contribution in [0.1, 0.15) is 16.7 Å². The summed E-state index contributed by atoms with van der Waals surface area (Å²) in [7, 11) is 0. The molecule has 2 nitrogen and oxygen atoms in total. The molecule has 0 bridgehead atoms. The van der Waals surface area contributed by atoms with Gasteiger partial charge in [-0.05, 0) is 47.5 Å². The molecule has 0 saturated heterocycles. The molecular weight excluding hydrogens is 544 g/mol. The van der Waals surface area contributed by atoms with E-state index in [1.54, 1.807) is 36.4 Å². The number of alkyl halides is 2. The number of ether oxygens (including phenoxy) is 2. The molecular formula is C30H16F8O2. The lowest BCUT2D eigenvalue weighted by molar-refractivity contribution is -0.189. The third-order valence-electron chi connectivity index (χ3n) is 5.40. The maximum absolute atomic E-state index is 14.7. The summed E-state index contributed by atoms with van der Waals surface area (Å²) in [6.45, 7) is 3.88. The average molecular weight is 560 g/mol. The van der Waals surface area contributed by atoms with Crippen LogP contribution < -0.4 is 9.47 Å². The van der Waals surface area contributed by atoms with E-state index in [0.29, 0.717) is 35.6 Å². The van der Waals surface area contributed by atoms with Crippen molar-refractivity contribution in [3.05, 3.63) is 131 Å². The second-order valence-electron chi connectivity index (χ2n) is 8.20. The Labute approximate surface area is 223 Å². The van der Waals surface area contributed by atoms with Crippen molar-refractivity contribution >= 4 is 0 Å². The zero-order chi connectivity index (χ0) is 29.0. The number of hydrogen-bond donors (Lipinski definition) is 0. The average Bonchev–Trinajstić information content (AvgIpc) is 2.89. The molecule has 0 aliphatic heterocycles. The van der Waals surface area contributed by atoms with E-state index >= 15 is 0 Å². The van der Waals surface area contributed by atoms with Gasteiger partial charge in [0.1, 0.15) is 41.1 Å². The van der Waals surface area contributed by atoms with Gasteiger partial charge < -0.3 is 9.47 Å². The van der Waals surface area contributed by atoms with E-state index in [0.717, 1.165) is 0 Å². The van der Waals surface area contributed by atoms with E-state index in [4.69, 9.17) is 4.74 Å². The molecule has 0 atom stereocenters. The molecule has 40 heavy (non-hydrogen) atoms. The van der Waals surface area contributed by atoms with Gasteiger partial charge in [0.2, 0.25) is 0 Å². The summed E-state index contributed by atoms with van der Waals surface area (Å²) in [5, 5.41) is 0. The Morgan fingerprint density at radius 3 is 1.85 bits per heavy atom. The minimum atomic E-state index is -4.74. The van der Waals surface area contributed by atoms with Crippen LogP contribution in [0.2, 0.25) is 0 Å². The van der Waals surface area contributed by atoms with Crippen molar-refractivity contribution in [1.82, 2.24) is 0 Å². The standard InChI is InChI=1S/C30H16F8O2/c1-2-11-39-21-9-7-18(8-10-21)20-6-5-19(23(31)14-20)4-3-17-12-24(32)28(25(33)13-17)30(37,38)40-22-15-26(34)29(36)27(35)16-22/h2,5-10,12-16H,1,11H2. The topological polar surface area (TPSA) is 18.5 Å². The maximum Gasteiger partial charge on any atom is 0.432 e. The molecule has 10 heteroatoms. The van der Waals surface area contributed by atoms with Crippen LogP contribution >= 0.6 is 0 Å². The second kappa shape index (κ2) is 11.5. The summed E-state index contributed by atoms with van der Waals surface area (Å²) >= 11 is 0. The zero-order valence-corrected chi connectivity index (χ0v) is 20.2. The predicted molar refractivity (Wildman–Crippen MR) is 131 cm³/mol. The first-order valence-corrected chi connectivity index (χ1v) is 11.3. The summed E-state index contributed by atoms with van der Waals surface area (Å²) in [6.07, 6.45) is -3.15. The monoisotopic (exact) mass is 560 g/mol. The van der Waals surface area contributed by atoms with Crippen molar-refractivity contribution in [3.8, 4) is 34.5 Å². The molecule has 0 fully saturated rings. The van der Waals surface area contributed by atoms with E-state index in [-0.39, 0.29) is 17.7 Å². The molecule has 0 aliphatic rings. The van der Waals surface area contributed by atoms with Crippen molar-refractivity contribution in [3.63, 3.8) is 0 Å². The fourth-order valence-corrected chi connectivity index (χ4v) is 3.55. The highest BCUT2D eigenvalue weighted by Gasteiger charge is 2.41. The maximum atomic E-state index is 14.7. The Hall–Kier alpha value is -4.78. The van der Waals surface area contributed by atoms with E-state index < -0.39 is 57.9 Å². The number of hydrogen-bond acceptors (Lipinski definition) is 2. The molecule has 0 saturated carbocycles. The molecule has 0 aromatic heterocycles. The SMILES string of the molecule is C=CCOc1ccc(-c2ccc(C#Cc3cc(F)c(C(F)(F)Oc4cc(F)c(F)c(F)c4)c(F)c3)c(F)c2)cc1. The minimum absolute atomic E-state index is 0.0929. The van der Waals surface area contributed by atoms with Gasteiger partial charge >= 0.3 is 6.11 Å². The summed E-state index contributed by atoms with van der Waals surface area (Å²) < 4.78 is 122. The second-order valence-corrected chi connectivity index (χ2v) is 8.20. The molecule has 4 aromatic rings. The number of halogens is 8. The van der Waals surface area contributed by atoms with E-state index in [2.05, 4.69) is 23.2 Å². The lowest BCUT2D eigenvalue weighted by atomic mass is 10.0. The van der Waals surface area contributed by atoms with Gasteiger partial charge in [-0.25, -0.2) is 26.3 Å². The summed E-state index contributed by atoms with van der Waals surface area (Å²) in [5.41, 5.74) is -1.22. The molecule has 0 amide bonds. The lowest BCUT2D eigenvalue weighted by Gasteiger charge is -2.19. The van der Waals surface area contributed by atoms with E-state index in [9.17, 15) is 35.1 Å². The Morgan fingerprint density at radius 2 is 1.27 bits per heavy atom. The third kappa shape index (κ3) is 6.26. The van der Waals surface area contributed by atoms with Gasteiger partial charge in [-0.3, -0.25) is 0 Å². The van der Waals surface area contributed by atoms with E-state index in [1.807, 2.05) is 0 Å². The Morgan fingerprint density at radius 1 is 0.675 bits per heavy atom. The van der Waals surface area contributed by atoms with Crippen LogP contribution in [0.4, 0.5) is 35.1 Å². The third-order valence-corrected chi connectivity index (χ3v) is 5.40. The van der Waals surface area contributed by atoms with Crippen LogP contribution in [-0.4, -0.2) is 6.61 Å². The molecule has 0 aliphatic carbocycles. The van der Waals surface area contributed by atoms with Crippen LogP contribution in [0.5, 0.6) is 11.5 Å². The minimum Gasteiger partial charge on any atom is -0.490 e. The lowest BCUT2D eigenvalue weighted by Crippen LogP contribution is -2.25. The van der Waals surface area contributed by atoms with Gasteiger partial charge in [0.25, 0.3) is 0 Å². The largest absolute Gasteiger partial charge is 0.490 e. The first-order valence-electron chi connectivity index (χ1n) is 11.3. The molecule has 204 valence electrons. The fraction of sp³-hybridized carbons (Fsp3) is 0.0667. The zero-order valence-electron chi connectivity index (χ0n) is 20.2. The van der Waals surface area contributed by atoms with Crippen molar-refractivity contribution in [2.45, 2.75) is 6.11 Å². The van der Waals surface area contributed by atoms with Crippen LogP contribution in [0.3, 0.4) is 0 Å². The van der Waals surface area contributed by atoms with Crippen LogP contribution in [0.15, 0.2) is 79.4 Å². The Kier molecular flexibility index (Phi) is 8.14. The smallest absolute Gasteiger partial charge is 0.432 e. The Bertz CT molecular complexity index is 1590. The summed E-state index contributed by atoms with van der Waals surface area (Å²) in [5.74, 6) is -5.89. The number of benzene rings is 4. The van der Waals surface area contributed by atoms with Crippen molar-refractivity contribution in [2.24, 2.45) is 0 Å². The fourth-order valence-electron chi connectivity index (χ4n) is 3.55. The molecule has 0 heterocycles. The van der Waals surface area contributed by atoms with Gasteiger partial charge in [0, 0.05) is 17.7 Å². The Balaban J connectivity index is 1.55. The number of rotatable bonds is 7. The van der Waals surface area contributed by atoms with Gasteiger partial charge in [0.15, 0.2) is 17.5 Å². The quantitative estimate of drug-likeness (QED) is 0.0981. The van der Waals surface area contributed by atoms with Gasteiger partial charge in [0.05, 0.1) is 5.56 Å². The molecule has 0 unspecified atom stereocenters. The molecule has 0 spiro atoms. The highest BCUT2D eigenvalue weighted by molar-refractivity contribution is 5.65. The highest BCUT2D eigenvalue weighted by atomic mass is 19.3. The molecule has 4 aromatic carbocycles. The van der Waals surface area contributed by atoms with Gasteiger partial charge in [-0.15, -0.1) is 0 Å². The van der Waals surface area contributed by atoms with E-state index in [1.165, 1.54) is 12.1 Å². The van der Waals surface area contributed by atoms with Crippen LogP contribution in [0.25, 0.3) is 11.1 Å². The van der Waals surface area contributed by atoms with Gasteiger partial charge in [-0.2, -0.15) is 8.78 Å². The van der Waals surface area contributed by atoms with Crippen molar-refractivity contribution in [2.75, 3.05) is 6.61 Å². The van der Waals surface area contributed by atoms with Crippen molar-refractivity contribution in [1.29, 1.82) is 0 Å². The molecule has 0 radical (unpaired) electrons. The van der Waals surface area contributed by atoms with Gasteiger partial charge in [-0.1, -0.05) is 42.7 Å². The summed E-state index contributed by atoms with van der Waals surface area (Å²) in [6, 6.07) is 12.0. The van der Waals surface area contributed by atoms with Crippen LogP contribution in [-0.2, 0) is 6.11 Å². The molecule has 0 N–H and O–H groups in total. The van der Waals surface area contributed by atoms with Crippen LogP contribution in [0, 0.1) is 46.7 Å². The molecule has 4 rings (SSSR count). The normalized spacial score (nSPS) is 11.0. The first kappa shape index (κ1) is 28.2. The summed E-state index contributed by atoms with van der Waals surface area (Å²) in [4.78, 5) is 0. The first-order chi connectivity index (χ1) is 19.0. The van der Waals surface area contributed by atoms with Crippen molar-refractivity contribution < 1.29 is 44.6 Å². The highest BCUT2D eigenvalue weighted by Crippen LogP contribution is 2.36. The predicted octanol–water partition coefficient (Wildman–Crippen LogP) is 8.28.